The molecule has 7 nitrogen and oxygen atoms in total. The Morgan fingerprint density at radius 1 is 1.28 bits per heavy atom. The van der Waals surface area contributed by atoms with E-state index < -0.39 is 12.1 Å². The first-order chi connectivity index (χ1) is 12.1. The van der Waals surface area contributed by atoms with Crippen molar-refractivity contribution < 1.29 is 23.8 Å². The molecule has 1 aromatic carbocycles. The van der Waals surface area contributed by atoms with Crippen LogP contribution in [-0.2, 0) is 16.1 Å². The van der Waals surface area contributed by atoms with E-state index in [1.54, 1.807) is 37.4 Å². The quantitative estimate of drug-likeness (QED) is 0.856. The highest BCUT2D eigenvalue weighted by atomic mass is 16.5. The van der Waals surface area contributed by atoms with Gasteiger partial charge in [-0.3, -0.25) is 9.69 Å². The fourth-order valence-electron chi connectivity index (χ4n) is 2.88. The summed E-state index contributed by atoms with van der Waals surface area (Å²) in [6.45, 7) is 2.20. The lowest BCUT2D eigenvalue weighted by Gasteiger charge is -2.31. The third kappa shape index (κ3) is 3.89. The van der Waals surface area contributed by atoms with Gasteiger partial charge in [0.1, 0.15) is 17.6 Å². The van der Waals surface area contributed by atoms with Crippen LogP contribution in [0.4, 0.5) is 0 Å². The Labute approximate surface area is 145 Å². The number of morpholine rings is 1. The molecule has 1 aliphatic rings. The number of nitrogens with zero attached hydrogens (tertiary/aromatic N) is 1. The molecule has 3 rings (SSSR count). The molecule has 132 valence electrons. The van der Waals surface area contributed by atoms with Crippen molar-refractivity contribution in [2.75, 3.05) is 26.7 Å². The lowest BCUT2D eigenvalue weighted by Crippen LogP contribution is -2.48. The second-order valence-electron chi connectivity index (χ2n) is 5.83. The van der Waals surface area contributed by atoms with E-state index in [-0.39, 0.29) is 11.5 Å². The molecule has 7 heteroatoms. The number of amides is 1. The van der Waals surface area contributed by atoms with Gasteiger partial charge in [0.15, 0.2) is 0 Å². The van der Waals surface area contributed by atoms with Gasteiger partial charge in [0, 0.05) is 25.7 Å². The normalized spacial score (nSPS) is 18.0. The van der Waals surface area contributed by atoms with E-state index in [0.717, 1.165) is 0 Å². The zero-order valence-electron chi connectivity index (χ0n) is 13.9. The van der Waals surface area contributed by atoms with Gasteiger partial charge < -0.3 is 19.6 Å². The number of carboxylic acid groups (broad SMARTS) is 1. The zero-order valence-corrected chi connectivity index (χ0v) is 13.9. The topological polar surface area (TPSA) is 92.0 Å². The van der Waals surface area contributed by atoms with Crippen LogP contribution in [0, 0.1) is 0 Å². The first-order valence-corrected chi connectivity index (χ1v) is 8.05. The molecule has 1 aliphatic heterocycles. The van der Waals surface area contributed by atoms with Gasteiger partial charge in [-0.15, -0.1) is 0 Å². The molecule has 2 heterocycles. The summed E-state index contributed by atoms with van der Waals surface area (Å²) in [5, 5.41) is 11.9. The summed E-state index contributed by atoms with van der Waals surface area (Å²) in [6, 6.07) is 10.3. The van der Waals surface area contributed by atoms with Crippen LogP contribution in [0.3, 0.4) is 0 Å². The number of likely N-dealkylation sites (N-methyl/N-ethyl adjacent to an activating group) is 1. The number of carboxylic acids is 1. The number of rotatable bonds is 5. The van der Waals surface area contributed by atoms with Crippen molar-refractivity contribution in [3.8, 4) is 11.3 Å². The van der Waals surface area contributed by atoms with Gasteiger partial charge in [-0.05, 0) is 18.2 Å². The standard InChI is InChI=1S/C18H20N2O5/c1-19-17(21)16-11-20(8-9-24-16)10-12-6-7-15(25-12)13-4-2-3-5-14(13)18(22)23/h2-7,16H,8-11H2,1H3,(H,19,21)(H,22,23)/t16-/m0/s1. The highest BCUT2D eigenvalue weighted by Crippen LogP contribution is 2.26. The number of hydrogen-bond donors (Lipinski definition) is 2. The number of ether oxygens (including phenoxy) is 1. The molecule has 0 radical (unpaired) electrons. The van der Waals surface area contributed by atoms with Gasteiger partial charge >= 0.3 is 5.97 Å². The van der Waals surface area contributed by atoms with Crippen molar-refractivity contribution in [2.45, 2.75) is 12.6 Å². The van der Waals surface area contributed by atoms with E-state index in [1.807, 2.05) is 6.07 Å². The number of furan rings is 1. The third-order valence-corrected chi connectivity index (χ3v) is 4.15. The van der Waals surface area contributed by atoms with Crippen molar-refractivity contribution in [2.24, 2.45) is 0 Å². The van der Waals surface area contributed by atoms with Crippen molar-refractivity contribution in [1.82, 2.24) is 10.2 Å². The van der Waals surface area contributed by atoms with Crippen molar-refractivity contribution in [3.63, 3.8) is 0 Å². The Hall–Kier alpha value is -2.64. The van der Waals surface area contributed by atoms with Crippen LogP contribution in [0.2, 0.25) is 0 Å². The largest absolute Gasteiger partial charge is 0.478 e. The number of carbonyl (C=O) groups excluding carboxylic acids is 1. The molecular weight excluding hydrogens is 324 g/mol. The summed E-state index contributed by atoms with van der Waals surface area (Å²) in [5.74, 6) is 0.104. The maximum atomic E-state index is 11.7. The second kappa shape index (κ2) is 7.50. The minimum atomic E-state index is -0.991. The van der Waals surface area contributed by atoms with E-state index in [2.05, 4.69) is 10.2 Å². The molecule has 1 atom stereocenters. The van der Waals surface area contributed by atoms with Gasteiger partial charge in [0.25, 0.3) is 0 Å². The molecule has 0 bridgehead atoms. The average molecular weight is 344 g/mol. The molecule has 2 N–H and O–H groups in total. The summed E-state index contributed by atoms with van der Waals surface area (Å²) in [6.07, 6.45) is -0.485. The van der Waals surface area contributed by atoms with Crippen LogP contribution < -0.4 is 5.32 Å². The molecule has 0 unspecified atom stereocenters. The first kappa shape index (κ1) is 17.2. The summed E-state index contributed by atoms with van der Waals surface area (Å²) in [7, 11) is 1.59. The molecule has 1 saturated heterocycles. The minimum Gasteiger partial charge on any atom is -0.478 e. The summed E-state index contributed by atoms with van der Waals surface area (Å²) < 4.78 is 11.3. The van der Waals surface area contributed by atoms with Crippen LogP contribution in [-0.4, -0.2) is 54.7 Å². The highest BCUT2D eigenvalue weighted by molar-refractivity contribution is 5.95. The van der Waals surface area contributed by atoms with Crippen LogP contribution in [0.1, 0.15) is 16.1 Å². The van der Waals surface area contributed by atoms with Crippen molar-refractivity contribution in [1.29, 1.82) is 0 Å². The number of benzene rings is 1. The van der Waals surface area contributed by atoms with Crippen LogP contribution >= 0.6 is 0 Å². The zero-order chi connectivity index (χ0) is 17.8. The van der Waals surface area contributed by atoms with Gasteiger partial charge in [0.2, 0.25) is 5.91 Å². The number of carbonyl (C=O) groups is 2. The molecule has 25 heavy (non-hydrogen) atoms. The van der Waals surface area contributed by atoms with Crippen LogP contribution in [0.25, 0.3) is 11.3 Å². The van der Waals surface area contributed by atoms with Gasteiger partial charge in [-0.2, -0.15) is 0 Å². The fraction of sp³-hybridized carbons (Fsp3) is 0.333. The number of aromatic carboxylic acids is 1. The maximum absolute atomic E-state index is 11.7. The summed E-state index contributed by atoms with van der Waals surface area (Å²) >= 11 is 0. The van der Waals surface area contributed by atoms with E-state index >= 15 is 0 Å². The number of hydrogen-bond acceptors (Lipinski definition) is 5. The number of nitrogens with one attached hydrogen (secondary N) is 1. The van der Waals surface area contributed by atoms with E-state index in [1.165, 1.54) is 0 Å². The SMILES string of the molecule is CNC(=O)[C@@H]1CN(Cc2ccc(-c3ccccc3C(=O)O)o2)CCO1. The third-order valence-electron chi connectivity index (χ3n) is 4.15. The Morgan fingerprint density at radius 2 is 2.08 bits per heavy atom. The predicted octanol–water partition coefficient (Wildman–Crippen LogP) is 1.59. The molecule has 2 aromatic rings. The van der Waals surface area contributed by atoms with Crippen molar-refractivity contribution >= 4 is 11.9 Å². The fourth-order valence-corrected chi connectivity index (χ4v) is 2.88. The summed E-state index contributed by atoms with van der Waals surface area (Å²) in [5.41, 5.74) is 0.751. The molecule has 1 aromatic heterocycles. The molecule has 1 fully saturated rings. The highest BCUT2D eigenvalue weighted by Gasteiger charge is 2.26. The van der Waals surface area contributed by atoms with Crippen molar-refractivity contribution in [3.05, 3.63) is 47.7 Å². The lowest BCUT2D eigenvalue weighted by molar-refractivity contribution is -0.138. The smallest absolute Gasteiger partial charge is 0.336 e. The first-order valence-electron chi connectivity index (χ1n) is 8.05. The van der Waals surface area contributed by atoms with E-state index in [0.29, 0.717) is 43.3 Å². The monoisotopic (exact) mass is 344 g/mol. The predicted molar refractivity (Wildman–Crippen MR) is 90.2 cm³/mol. The van der Waals surface area contributed by atoms with E-state index in [4.69, 9.17) is 9.15 Å². The Kier molecular flexibility index (Phi) is 5.16. The second-order valence-corrected chi connectivity index (χ2v) is 5.83. The van der Waals surface area contributed by atoms with Gasteiger partial charge in [0.05, 0.1) is 18.7 Å². The molecular formula is C18H20N2O5. The van der Waals surface area contributed by atoms with Gasteiger partial charge in [-0.25, -0.2) is 4.79 Å². The molecule has 0 saturated carbocycles. The van der Waals surface area contributed by atoms with Crippen LogP contribution in [0.15, 0.2) is 40.8 Å². The molecule has 0 spiro atoms. The Bertz CT molecular complexity index is 770. The average Bonchev–Trinajstić information content (AvgIpc) is 3.09. The lowest BCUT2D eigenvalue weighted by atomic mass is 10.1. The summed E-state index contributed by atoms with van der Waals surface area (Å²) in [4.78, 5) is 25.1. The van der Waals surface area contributed by atoms with E-state index in [9.17, 15) is 14.7 Å². The maximum Gasteiger partial charge on any atom is 0.336 e. The van der Waals surface area contributed by atoms with Gasteiger partial charge in [-0.1, -0.05) is 18.2 Å². The molecule has 0 aliphatic carbocycles. The Balaban J connectivity index is 1.72. The Morgan fingerprint density at radius 3 is 2.84 bits per heavy atom. The van der Waals surface area contributed by atoms with Crippen LogP contribution in [0.5, 0.6) is 0 Å². The minimum absolute atomic E-state index is 0.139. The molecule has 1 amide bonds.